The van der Waals surface area contributed by atoms with Gasteiger partial charge in [0.15, 0.2) is 5.82 Å². The maximum Gasteiger partial charge on any atom is 0.151 e. The molecule has 0 spiro atoms. The molecular formula is C11H13ClN2. The highest BCUT2D eigenvalue weighted by Gasteiger charge is 2.05. The van der Waals surface area contributed by atoms with Crippen molar-refractivity contribution in [3.8, 4) is 0 Å². The number of aromatic nitrogens is 2. The van der Waals surface area contributed by atoms with Gasteiger partial charge in [0, 0.05) is 12.4 Å². The normalized spacial score (nSPS) is 16.8. The Bertz CT molecular complexity index is 322. The fourth-order valence-electron chi connectivity index (χ4n) is 1.73. The van der Waals surface area contributed by atoms with Crippen LogP contribution in [0.25, 0.3) is 6.08 Å². The Morgan fingerprint density at radius 3 is 2.36 bits per heavy atom. The summed E-state index contributed by atoms with van der Waals surface area (Å²) in [5.74, 6) is 0.784. The van der Waals surface area contributed by atoms with Crippen LogP contribution in [0.2, 0.25) is 5.02 Å². The molecule has 0 N–H and O–H groups in total. The summed E-state index contributed by atoms with van der Waals surface area (Å²) in [4.78, 5) is 8.31. The molecule has 0 aromatic carbocycles. The van der Waals surface area contributed by atoms with Crippen LogP contribution in [0.1, 0.15) is 37.9 Å². The molecule has 0 aliphatic heterocycles. The highest BCUT2D eigenvalue weighted by molar-refractivity contribution is 6.30. The quantitative estimate of drug-likeness (QED) is 0.706. The molecule has 0 radical (unpaired) electrons. The van der Waals surface area contributed by atoms with Crippen molar-refractivity contribution in [2.24, 2.45) is 0 Å². The zero-order chi connectivity index (χ0) is 9.80. The minimum Gasteiger partial charge on any atom is -0.236 e. The number of hydrogen-bond donors (Lipinski definition) is 0. The van der Waals surface area contributed by atoms with Crippen LogP contribution in [-0.4, -0.2) is 9.97 Å². The first-order valence-electron chi connectivity index (χ1n) is 5.01. The molecule has 2 rings (SSSR count). The van der Waals surface area contributed by atoms with Crippen molar-refractivity contribution in [3.63, 3.8) is 0 Å². The van der Waals surface area contributed by atoms with Gasteiger partial charge in [0.05, 0.1) is 5.02 Å². The van der Waals surface area contributed by atoms with Crippen molar-refractivity contribution in [3.05, 3.63) is 28.8 Å². The smallest absolute Gasteiger partial charge is 0.151 e. The third-order valence-electron chi connectivity index (χ3n) is 2.47. The van der Waals surface area contributed by atoms with E-state index in [9.17, 15) is 0 Å². The molecule has 14 heavy (non-hydrogen) atoms. The summed E-state index contributed by atoms with van der Waals surface area (Å²) >= 11 is 5.71. The Labute approximate surface area is 89.0 Å². The molecule has 1 aromatic rings. The third-order valence-corrected chi connectivity index (χ3v) is 2.66. The molecule has 0 atom stereocenters. The van der Waals surface area contributed by atoms with E-state index in [0.717, 1.165) is 5.82 Å². The minimum atomic E-state index is 0.593. The molecule has 0 saturated heterocycles. The standard InChI is InChI=1S/C11H13ClN2/c12-10-7-13-11(14-8-10)6-9-4-2-1-3-5-9/h6-8H,1-5H2. The molecule has 0 amide bonds. The predicted octanol–water partition coefficient (Wildman–Crippen LogP) is 3.48. The number of rotatable bonds is 1. The number of nitrogens with zero attached hydrogens (tertiary/aromatic N) is 2. The van der Waals surface area contributed by atoms with Gasteiger partial charge in [0.2, 0.25) is 0 Å². The van der Waals surface area contributed by atoms with Crippen LogP contribution in [0, 0.1) is 0 Å². The van der Waals surface area contributed by atoms with Crippen LogP contribution in [0.15, 0.2) is 18.0 Å². The molecule has 1 aliphatic carbocycles. The first kappa shape index (κ1) is 9.66. The number of halogens is 1. The zero-order valence-corrected chi connectivity index (χ0v) is 8.80. The molecular weight excluding hydrogens is 196 g/mol. The lowest BCUT2D eigenvalue weighted by atomic mass is 9.95. The summed E-state index contributed by atoms with van der Waals surface area (Å²) in [5.41, 5.74) is 1.47. The molecule has 0 bridgehead atoms. The second-order valence-corrected chi connectivity index (χ2v) is 4.06. The SMILES string of the molecule is Clc1cnc(C=C2CCCCC2)nc1. The van der Waals surface area contributed by atoms with Crippen molar-refractivity contribution >= 4 is 17.7 Å². The summed E-state index contributed by atoms with van der Waals surface area (Å²) in [6.45, 7) is 0. The lowest BCUT2D eigenvalue weighted by Gasteiger charge is -2.12. The molecule has 1 fully saturated rings. The van der Waals surface area contributed by atoms with Crippen LogP contribution in [0.5, 0.6) is 0 Å². The van der Waals surface area contributed by atoms with E-state index in [1.54, 1.807) is 12.4 Å². The maximum atomic E-state index is 5.71. The van der Waals surface area contributed by atoms with E-state index >= 15 is 0 Å². The van der Waals surface area contributed by atoms with E-state index in [0.29, 0.717) is 5.02 Å². The lowest BCUT2D eigenvalue weighted by molar-refractivity contribution is 0.602. The average molecular weight is 209 g/mol. The number of hydrogen-bond acceptors (Lipinski definition) is 2. The van der Waals surface area contributed by atoms with Gasteiger partial charge in [-0.25, -0.2) is 9.97 Å². The summed E-state index contributed by atoms with van der Waals surface area (Å²) < 4.78 is 0. The van der Waals surface area contributed by atoms with Crippen LogP contribution in [0.4, 0.5) is 0 Å². The largest absolute Gasteiger partial charge is 0.236 e. The van der Waals surface area contributed by atoms with E-state index in [1.165, 1.54) is 37.7 Å². The Morgan fingerprint density at radius 1 is 1.07 bits per heavy atom. The van der Waals surface area contributed by atoms with Crippen LogP contribution < -0.4 is 0 Å². The molecule has 2 nitrogen and oxygen atoms in total. The van der Waals surface area contributed by atoms with Crippen LogP contribution >= 0.6 is 11.6 Å². The average Bonchev–Trinajstić information content (AvgIpc) is 2.23. The van der Waals surface area contributed by atoms with Crippen molar-refractivity contribution in [1.29, 1.82) is 0 Å². The summed E-state index contributed by atoms with van der Waals surface area (Å²) in [6.07, 6.45) is 11.7. The van der Waals surface area contributed by atoms with Gasteiger partial charge >= 0.3 is 0 Å². The first-order valence-corrected chi connectivity index (χ1v) is 5.39. The van der Waals surface area contributed by atoms with Gasteiger partial charge in [-0.1, -0.05) is 23.6 Å². The second-order valence-electron chi connectivity index (χ2n) is 3.62. The topological polar surface area (TPSA) is 25.8 Å². The van der Waals surface area contributed by atoms with Gasteiger partial charge in [-0.2, -0.15) is 0 Å². The van der Waals surface area contributed by atoms with Gasteiger partial charge in [-0.05, 0) is 31.8 Å². The fourth-order valence-corrected chi connectivity index (χ4v) is 1.83. The van der Waals surface area contributed by atoms with Gasteiger partial charge in [-0.3, -0.25) is 0 Å². The zero-order valence-electron chi connectivity index (χ0n) is 8.04. The molecule has 1 heterocycles. The molecule has 3 heteroatoms. The van der Waals surface area contributed by atoms with Gasteiger partial charge in [0.1, 0.15) is 0 Å². The minimum absolute atomic E-state index is 0.593. The third kappa shape index (κ3) is 2.55. The van der Waals surface area contributed by atoms with E-state index < -0.39 is 0 Å². The lowest BCUT2D eigenvalue weighted by Crippen LogP contribution is -1.95. The molecule has 1 saturated carbocycles. The van der Waals surface area contributed by atoms with Crippen molar-refractivity contribution in [1.82, 2.24) is 9.97 Å². The monoisotopic (exact) mass is 208 g/mol. The van der Waals surface area contributed by atoms with Gasteiger partial charge in [0.25, 0.3) is 0 Å². The summed E-state index contributed by atoms with van der Waals surface area (Å²) in [5, 5.41) is 0.593. The maximum absolute atomic E-state index is 5.71. The molecule has 1 aliphatic rings. The Kier molecular flexibility index (Phi) is 3.14. The van der Waals surface area contributed by atoms with Crippen molar-refractivity contribution in [2.45, 2.75) is 32.1 Å². The summed E-state index contributed by atoms with van der Waals surface area (Å²) in [6, 6.07) is 0. The highest BCUT2D eigenvalue weighted by Crippen LogP contribution is 2.24. The number of allylic oxidation sites excluding steroid dienone is 1. The first-order chi connectivity index (χ1) is 6.84. The van der Waals surface area contributed by atoms with Crippen LogP contribution in [-0.2, 0) is 0 Å². The Balaban J connectivity index is 2.11. The molecule has 1 aromatic heterocycles. The van der Waals surface area contributed by atoms with Gasteiger partial charge < -0.3 is 0 Å². The van der Waals surface area contributed by atoms with E-state index in [1.807, 2.05) is 0 Å². The predicted molar refractivity (Wildman–Crippen MR) is 58.1 cm³/mol. The van der Waals surface area contributed by atoms with E-state index in [4.69, 9.17) is 11.6 Å². The fraction of sp³-hybridized carbons (Fsp3) is 0.455. The highest BCUT2D eigenvalue weighted by atomic mass is 35.5. The summed E-state index contributed by atoms with van der Waals surface area (Å²) in [7, 11) is 0. The van der Waals surface area contributed by atoms with E-state index in [-0.39, 0.29) is 0 Å². The molecule has 0 unspecified atom stereocenters. The van der Waals surface area contributed by atoms with Crippen molar-refractivity contribution in [2.75, 3.05) is 0 Å². The Hall–Kier alpha value is -0.890. The Morgan fingerprint density at radius 2 is 1.71 bits per heavy atom. The molecule has 74 valence electrons. The van der Waals surface area contributed by atoms with E-state index in [2.05, 4.69) is 16.0 Å². The van der Waals surface area contributed by atoms with Crippen LogP contribution in [0.3, 0.4) is 0 Å². The van der Waals surface area contributed by atoms with Crippen molar-refractivity contribution < 1.29 is 0 Å². The second kappa shape index (κ2) is 4.56. The van der Waals surface area contributed by atoms with Gasteiger partial charge in [-0.15, -0.1) is 0 Å².